The van der Waals surface area contributed by atoms with E-state index in [2.05, 4.69) is 9.97 Å². The molecule has 6 nitrogen and oxygen atoms in total. The Morgan fingerprint density at radius 3 is 2.27 bits per heavy atom. The van der Waals surface area contributed by atoms with Crippen molar-refractivity contribution in [1.29, 1.82) is 0 Å². The van der Waals surface area contributed by atoms with Crippen LogP contribution in [0.25, 0.3) is 0 Å². The number of aryl methyl sites for hydroxylation is 2. The van der Waals surface area contributed by atoms with Gasteiger partial charge in [-0.1, -0.05) is 23.5 Å². The SMILES string of the molecule is CCOC(=O)c1sc(N(Cc2ccc(F)cc2)C(=O)c2ccc(C(F)(F)F)nc2C)nc1C. The molecule has 3 aromatic rings. The summed E-state index contributed by atoms with van der Waals surface area (Å²) < 4.78 is 57.3. The highest BCUT2D eigenvalue weighted by Crippen LogP contribution is 2.31. The molecule has 11 heteroatoms. The maximum absolute atomic E-state index is 13.4. The normalized spacial score (nSPS) is 11.4. The van der Waals surface area contributed by atoms with E-state index in [1.807, 2.05) is 0 Å². The predicted octanol–water partition coefficient (Wildman–Crippen LogP) is 5.34. The van der Waals surface area contributed by atoms with Crippen LogP contribution in [-0.4, -0.2) is 28.5 Å². The maximum atomic E-state index is 13.4. The zero-order chi connectivity index (χ0) is 24.3. The number of carbonyl (C=O) groups excluding carboxylic acids is 2. The lowest BCUT2D eigenvalue weighted by Crippen LogP contribution is -2.31. The lowest BCUT2D eigenvalue weighted by molar-refractivity contribution is -0.141. The van der Waals surface area contributed by atoms with Crippen LogP contribution in [0, 0.1) is 19.7 Å². The van der Waals surface area contributed by atoms with Crippen LogP contribution in [0.15, 0.2) is 36.4 Å². The summed E-state index contributed by atoms with van der Waals surface area (Å²) in [7, 11) is 0. The summed E-state index contributed by atoms with van der Waals surface area (Å²) in [5.74, 6) is -1.73. The Morgan fingerprint density at radius 1 is 1.03 bits per heavy atom. The number of carbonyl (C=O) groups is 2. The van der Waals surface area contributed by atoms with Crippen LogP contribution < -0.4 is 4.90 Å². The predicted molar refractivity (Wildman–Crippen MR) is 114 cm³/mol. The standard InChI is InChI=1S/C22H19F4N3O3S/c1-4-32-20(31)18-13(3)28-21(33-18)29(11-14-5-7-15(23)8-6-14)19(30)16-9-10-17(22(24,25)26)27-12(16)2/h5-10H,4,11H2,1-3H3. The summed E-state index contributed by atoms with van der Waals surface area (Å²) in [5.41, 5.74) is -0.398. The lowest BCUT2D eigenvalue weighted by atomic mass is 10.1. The molecule has 3 rings (SSSR count). The zero-order valence-corrected chi connectivity index (χ0v) is 18.7. The number of thiazole rings is 1. The number of esters is 1. The molecular weight excluding hydrogens is 462 g/mol. The number of amides is 1. The fourth-order valence-electron chi connectivity index (χ4n) is 2.97. The minimum atomic E-state index is -4.65. The first-order chi connectivity index (χ1) is 15.5. The van der Waals surface area contributed by atoms with Crippen molar-refractivity contribution in [3.63, 3.8) is 0 Å². The summed E-state index contributed by atoms with van der Waals surface area (Å²) in [6, 6.07) is 7.17. The molecule has 0 atom stereocenters. The van der Waals surface area contributed by atoms with Crippen molar-refractivity contribution < 1.29 is 31.9 Å². The van der Waals surface area contributed by atoms with E-state index in [0.29, 0.717) is 11.3 Å². The molecule has 0 radical (unpaired) electrons. The number of hydrogen-bond donors (Lipinski definition) is 0. The molecule has 0 N–H and O–H groups in total. The quantitative estimate of drug-likeness (QED) is 0.351. The number of rotatable bonds is 6. The van der Waals surface area contributed by atoms with E-state index >= 15 is 0 Å². The molecule has 0 aliphatic carbocycles. The molecule has 0 fully saturated rings. The molecule has 0 unspecified atom stereocenters. The maximum Gasteiger partial charge on any atom is 0.433 e. The number of aromatic nitrogens is 2. The second kappa shape index (κ2) is 9.65. The number of anilines is 1. The van der Waals surface area contributed by atoms with Crippen LogP contribution in [0.1, 0.15) is 49.6 Å². The molecular formula is C22H19F4N3O3S. The second-order valence-corrected chi connectivity index (χ2v) is 7.95. The van der Waals surface area contributed by atoms with E-state index in [0.717, 1.165) is 23.5 Å². The van der Waals surface area contributed by atoms with Gasteiger partial charge in [-0.15, -0.1) is 0 Å². The Morgan fingerprint density at radius 2 is 1.70 bits per heavy atom. The second-order valence-electron chi connectivity index (χ2n) is 6.98. The molecule has 0 spiro atoms. The van der Waals surface area contributed by atoms with Gasteiger partial charge in [0, 0.05) is 0 Å². The number of benzene rings is 1. The summed E-state index contributed by atoms with van der Waals surface area (Å²) in [5, 5.41) is 0.143. The van der Waals surface area contributed by atoms with Crippen molar-refractivity contribution in [2.45, 2.75) is 33.5 Å². The van der Waals surface area contributed by atoms with Crippen LogP contribution in [0.4, 0.5) is 22.7 Å². The van der Waals surface area contributed by atoms with Gasteiger partial charge >= 0.3 is 12.1 Å². The van der Waals surface area contributed by atoms with E-state index in [-0.39, 0.29) is 34.4 Å². The number of pyridine rings is 1. The molecule has 0 saturated carbocycles. The zero-order valence-electron chi connectivity index (χ0n) is 17.9. The Kier molecular flexibility index (Phi) is 7.11. The fraction of sp³-hybridized carbons (Fsp3) is 0.273. The first-order valence-electron chi connectivity index (χ1n) is 9.77. The molecule has 1 amide bonds. The van der Waals surface area contributed by atoms with Gasteiger partial charge < -0.3 is 4.74 Å². The Hall–Kier alpha value is -3.34. The molecule has 2 heterocycles. The number of nitrogens with zero attached hydrogens (tertiary/aromatic N) is 3. The smallest absolute Gasteiger partial charge is 0.433 e. The van der Waals surface area contributed by atoms with Crippen LogP contribution in [0.2, 0.25) is 0 Å². The Bertz CT molecular complexity index is 1180. The van der Waals surface area contributed by atoms with Gasteiger partial charge in [-0.25, -0.2) is 19.2 Å². The van der Waals surface area contributed by atoms with Crippen LogP contribution in [-0.2, 0) is 17.5 Å². The van der Waals surface area contributed by atoms with Gasteiger partial charge in [-0.05, 0) is 50.6 Å². The summed E-state index contributed by atoms with van der Waals surface area (Å²) in [6.45, 7) is 4.63. The van der Waals surface area contributed by atoms with Crippen LogP contribution >= 0.6 is 11.3 Å². The average molecular weight is 481 g/mol. The van der Waals surface area contributed by atoms with E-state index in [1.165, 1.54) is 36.1 Å². The summed E-state index contributed by atoms with van der Waals surface area (Å²) >= 11 is 0.919. The molecule has 2 aromatic heterocycles. The topological polar surface area (TPSA) is 72.4 Å². The van der Waals surface area contributed by atoms with Crippen LogP contribution in [0.5, 0.6) is 0 Å². The third-order valence-electron chi connectivity index (χ3n) is 4.58. The highest BCUT2D eigenvalue weighted by molar-refractivity contribution is 7.17. The number of alkyl halides is 3. The van der Waals surface area contributed by atoms with Gasteiger partial charge in [0.25, 0.3) is 5.91 Å². The molecule has 0 saturated heterocycles. The Labute approximate surface area is 190 Å². The van der Waals surface area contributed by atoms with Gasteiger partial charge in [0.2, 0.25) is 0 Å². The van der Waals surface area contributed by atoms with Gasteiger partial charge in [-0.3, -0.25) is 9.69 Å². The fourth-order valence-corrected chi connectivity index (χ4v) is 3.93. The lowest BCUT2D eigenvalue weighted by Gasteiger charge is -2.21. The largest absolute Gasteiger partial charge is 0.462 e. The molecule has 174 valence electrons. The van der Waals surface area contributed by atoms with E-state index in [1.54, 1.807) is 13.8 Å². The van der Waals surface area contributed by atoms with Gasteiger partial charge in [0.05, 0.1) is 30.1 Å². The molecule has 0 bridgehead atoms. The van der Waals surface area contributed by atoms with Crippen molar-refractivity contribution in [1.82, 2.24) is 9.97 Å². The number of hydrogen-bond acceptors (Lipinski definition) is 6. The first kappa shape index (κ1) is 24.3. The van der Waals surface area contributed by atoms with E-state index in [9.17, 15) is 27.2 Å². The van der Waals surface area contributed by atoms with E-state index < -0.39 is 29.6 Å². The monoisotopic (exact) mass is 481 g/mol. The third-order valence-corrected chi connectivity index (χ3v) is 5.74. The average Bonchev–Trinajstić information content (AvgIpc) is 3.13. The van der Waals surface area contributed by atoms with Crippen molar-refractivity contribution in [2.75, 3.05) is 11.5 Å². The molecule has 1 aromatic carbocycles. The summed E-state index contributed by atoms with van der Waals surface area (Å²) in [6.07, 6.45) is -4.65. The number of ether oxygens (including phenoxy) is 1. The molecule has 0 aliphatic heterocycles. The Balaban J connectivity index is 2.04. The van der Waals surface area contributed by atoms with Crippen molar-refractivity contribution >= 4 is 28.3 Å². The van der Waals surface area contributed by atoms with Gasteiger partial charge in [-0.2, -0.15) is 13.2 Å². The molecule has 33 heavy (non-hydrogen) atoms. The molecule has 0 aliphatic rings. The highest BCUT2D eigenvalue weighted by Gasteiger charge is 2.34. The summed E-state index contributed by atoms with van der Waals surface area (Å²) in [4.78, 5) is 34.8. The third kappa shape index (κ3) is 5.54. The number of halogens is 4. The minimum absolute atomic E-state index is 0.0596. The minimum Gasteiger partial charge on any atom is -0.462 e. The van der Waals surface area contributed by atoms with E-state index in [4.69, 9.17) is 4.74 Å². The first-order valence-corrected chi connectivity index (χ1v) is 10.6. The highest BCUT2D eigenvalue weighted by atomic mass is 32.1. The van der Waals surface area contributed by atoms with Crippen LogP contribution in [0.3, 0.4) is 0 Å². The van der Waals surface area contributed by atoms with Crippen molar-refractivity contribution in [2.24, 2.45) is 0 Å². The van der Waals surface area contributed by atoms with Crippen molar-refractivity contribution in [3.05, 3.63) is 75.3 Å². The van der Waals surface area contributed by atoms with Crippen molar-refractivity contribution in [3.8, 4) is 0 Å². The van der Waals surface area contributed by atoms with Gasteiger partial charge in [0.15, 0.2) is 5.13 Å². The van der Waals surface area contributed by atoms with Gasteiger partial charge in [0.1, 0.15) is 16.4 Å².